The Labute approximate surface area is 128 Å². The van der Waals surface area contributed by atoms with Gasteiger partial charge < -0.3 is 5.32 Å². The predicted molar refractivity (Wildman–Crippen MR) is 89.1 cm³/mol. The van der Waals surface area contributed by atoms with Crippen molar-refractivity contribution < 1.29 is 4.79 Å². The molecule has 1 aromatic rings. The van der Waals surface area contributed by atoms with Crippen LogP contribution in [-0.4, -0.2) is 25.5 Å². The Morgan fingerprint density at radius 2 is 1.90 bits per heavy atom. The first-order valence-corrected chi connectivity index (χ1v) is 7.67. The van der Waals surface area contributed by atoms with E-state index in [1.165, 1.54) is 12.8 Å². The minimum Gasteiger partial charge on any atom is -0.315 e. The minimum absolute atomic E-state index is 0.0164. The van der Waals surface area contributed by atoms with Crippen molar-refractivity contribution in [1.82, 2.24) is 10.7 Å². The fourth-order valence-corrected chi connectivity index (χ4v) is 1.84. The summed E-state index contributed by atoms with van der Waals surface area (Å²) < 4.78 is 0. The molecular formula is C17H27N3O. The van der Waals surface area contributed by atoms with Gasteiger partial charge in [0.05, 0.1) is 5.69 Å². The van der Waals surface area contributed by atoms with Crippen molar-refractivity contribution >= 4 is 11.6 Å². The summed E-state index contributed by atoms with van der Waals surface area (Å²) in [5, 5.41) is 4.98. The molecule has 0 fully saturated rings. The third-order valence-corrected chi connectivity index (χ3v) is 3.27. The number of nitrogens with one attached hydrogen (secondary N) is 2. The Morgan fingerprint density at radius 1 is 1.19 bits per heavy atom. The van der Waals surface area contributed by atoms with Gasteiger partial charge in [-0.15, -0.1) is 0 Å². The monoisotopic (exact) mass is 289 g/mol. The molecule has 1 rings (SSSR count). The molecule has 0 atom stereocenters. The zero-order valence-electron chi connectivity index (χ0n) is 13.4. The number of hydrogen-bond donors (Lipinski definition) is 2. The van der Waals surface area contributed by atoms with Gasteiger partial charge in [-0.05, 0) is 38.9 Å². The highest BCUT2D eigenvalue weighted by Crippen LogP contribution is 2.13. The second-order valence-electron chi connectivity index (χ2n) is 4.96. The second-order valence-corrected chi connectivity index (χ2v) is 4.96. The fourth-order valence-electron chi connectivity index (χ4n) is 1.84. The molecular weight excluding hydrogens is 262 g/mol. The van der Waals surface area contributed by atoms with Crippen LogP contribution in [0.25, 0.3) is 0 Å². The number of anilines is 1. The van der Waals surface area contributed by atoms with Gasteiger partial charge in [0.2, 0.25) is 0 Å². The summed E-state index contributed by atoms with van der Waals surface area (Å²) in [4.78, 5) is 12.4. The van der Waals surface area contributed by atoms with Crippen molar-refractivity contribution in [3.8, 4) is 0 Å². The normalized spacial score (nSPS) is 11.5. The number of para-hydroxylation sites is 1. The summed E-state index contributed by atoms with van der Waals surface area (Å²) in [5.74, 6) is -0.0164. The third kappa shape index (κ3) is 6.10. The van der Waals surface area contributed by atoms with Gasteiger partial charge in [-0.3, -0.25) is 4.79 Å². The lowest BCUT2D eigenvalue weighted by atomic mass is 10.2. The van der Waals surface area contributed by atoms with Crippen LogP contribution in [0.2, 0.25) is 0 Å². The predicted octanol–water partition coefficient (Wildman–Crippen LogP) is 2.88. The number of benzene rings is 1. The van der Waals surface area contributed by atoms with Crippen LogP contribution in [0, 0.1) is 0 Å². The Bertz CT molecular complexity index is 443. The van der Waals surface area contributed by atoms with Crippen molar-refractivity contribution in [1.29, 1.82) is 0 Å². The summed E-state index contributed by atoms with van der Waals surface area (Å²) in [6.07, 6.45) is 4.20. The van der Waals surface area contributed by atoms with Gasteiger partial charge in [0.15, 0.2) is 0 Å². The molecule has 0 unspecified atom stereocenters. The van der Waals surface area contributed by atoms with Crippen LogP contribution in [0.1, 0.15) is 33.6 Å². The van der Waals surface area contributed by atoms with Crippen molar-refractivity contribution in [3.63, 3.8) is 0 Å². The van der Waals surface area contributed by atoms with E-state index in [1.807, 2.05) is 50.3 Å². The number of rotatable bonds is 9. The molecule has 0 aliphatic carbocycles. The maximum atomic E-state index is 12.4. The Kier molecular flexibility index (Phi) is 8.40. The van der Waals surface area contributed by atoms with Gasteiger partial charge in [-0.2, -0.15) is 0 Å². The van der Waals surface area contributed by atoms with Crippen LogP contribution in [0.15, 0.2) is 42.0 Å². The highest BCUT2D eigenvalue weighted by molar-refractivity contribution is 6.04. The van der Waals surface area contributed by atoms with Crippen LogP contribution < -0.4 is 15.8 Å². The van der Waals surface area contributed by atoms with E-state index in [4.69, 9.17) is 0 Å². The van der Waals surface area contributed by atoms with E-state index in [2.05, 4.69) is 17.7 Å². The Morgan fingerprint density at radius 3 is 2.52 bits per heavy atom. The second kappa shape index (κ2) is 10.1. The molecule has 1 amide bonds. The lowest BCUT2D eigenvalue weighted by Crippen LogP contribution is -2.46. The van der Waals surface area contributed by atoms with Gasteiger partial charge in [0, 0.05) is 18.7 Å². The number of carbonyl (C=O) groups excluding carboxylic acids is 1. The summed E-state index contributed by atoms with van der Waals surface area (Å²) in [5.41, 5.74) is 4.79. The van der Waals surface area contributed by atoms with Gasteiger partial charge in [-0.1, -0.05) is 37.6 Å². The van der Waals surface area contributed by atoms with Gasteiger partial charge in [0.25, 0.3) is 5.91 Å². The first-order valence-electron chi connectivity index (χ1n) is 7.67. The SMILES string of the molecule is C/C=C(\C)C(=O)N(NCCNCCCC)c1ccccc1. The van der Waals surface area contributed by atoms with Gasteiger partial charge in [-0.25, -0.2) is 10.4 Å². The highest BCUT2D eigenvalue weighted by Gasteiger charge is 2.16. The first-order chi connectivity index (χ1) is 10.2. The maximum absolute atomic E-state index is 12.4. The van der Waals surface area contributed by atoms with Crippen molar-refractivity contribution in [2.75, 3.05) is 24.6 Å². The van der Waals surface area contributed by atoms with Crippen molar-refractivity contribution in [2.24, 2.45) is 0 Å². The first kappa shape index (κ1) is 17.4. The van der Waals surface area contributed by atoms with Crippen LogP contribution in [-0.2, 0) is 4.79 Å². The average Bonchev–Trinajstić information content (AvgIpc) is 2.53. The molecule has 4 heteroatoms. The lowest BCUT2D eigenvalue weighted by molar-refractivity contribution is -0.115. The number of unbranched alkanes of at least 4 members (excludes halogenated alkanes) is 1. The topological polar surface area (TPSA) is 44.4 Å². The van der Waals surface area contributed by atoms with Crippen molar-refractivity contribution in [2.45, 2.75) is 33.6 Å². The Balaban J connectivity index is 2.60. The highest BCUT2D eigenvalue weighted by atomic mass is 16.2. The standard InChI is InChI=1S/C17H27N3O/c1-4-6-12-18-13-14-19-20(17(21)15(3)5-2)16-10-8-7-9-11-16/h5,7-11,18-19H,4,6,12-14H2,1-3H3/b15-5+. The molecule has 0 spiro atoms. The number of nitrogens with zero attached hydrogens (tertiary/aromatic N) is 1. The maximum Gasteiger partial charge on any atom is 0.267 e. The summed E-state index contributed by atoms with van der Waals surface area (Å²) in [6.45, 7) is 8.45. The molecule has 21 heavy (non-hydrogen) atoms. The zero-order valence-corrected chi connectivity index (χ0v) is 13.4. The van der Waals surface area contributed by atoms with Crippen LogP contribution in [0.3, 0.4) is 0 Å². The smallest absolute Gasteiger partial charge is 0.267 e. The summed E-state index contributed by atoms with van der Waals surface area (Å²) in [7, 11) is 0. The zero-order chi connectivity index (χ0) is 15.5. The van der Waals surface area contributed by atoms with E-state index in [-0.39, 0.29) is 5.91 Å². The van der Waals surface area contributed by atoms with Crippen molar-refractivity contribution in [3.05, 3.63) is 42.0 Å². The molecule has 2 N–H and O–H groups in total. The molecule has 0 saturated carbocycles. The number of amides is 1. The molecule has 1 aromatic carbocycles. The summed E-state index contributed by atoms with van der Waals surface area (Å²) in [6, 6.07) is 9.67. The average molecular weight is 289 g/mol. The molecule has 4 nitrogen and oxygen atoms in total. The quantitative estimate of drug-likeness (QED) is 0.417. The molecule has 0 radical (unpaired) electrons. The van der Waals surface area contributed by atoms with Crippen LogP contribution >= 0.6 is 0 Å². The molecule has 0 bridgehead atoms. The number of carbonyl (C=O) groups is 1. The van der Waals surface area contributed by atoms with E-state index < -0.39 is 0 Å². The van der Waals surface area contributed by atoms with E-state index in [9.17, 15) is 4.79 Å². The number of hydrazine groups is 1. The third-order valence-electron chi connectivity index (χ3n) is 3.27. The largest absolute Gasteiger partial charge is 0.315 e. The molecule has 0 aliphatic rings. The summed E-state index contributed by atoms with van der Waals surface area (Å²) >= 11 is 0. The molecule has 0 saturated heterocycles. The van der Waals surface area contributed by atoms with E-state index >= 15 is 0 Å². The molecule has 0 heterocycles. The molecule has 0 aliphatic heterocycles. The number of allylic oxidation sites excluding steroid dienone is 1. The van der Waals surface area contributed by atoms with Crippen LogP contribution in [0.4, 0.5) is 5.69 Å². The fraction of sp³-hybridized carbons (Fsp3) is 0.471. The lowest BCUT2D eigenvalue weighted by Gasteiger charge is -2.24. The van der Waals surface area contributed by atoms with Gasteiger partial charge in [0.1, 0.15) is 0 Å². The van der Waals surface area contributed by atoms with Crippen LogP contribution in [0.5, 0.6) is 0 Å². The van der Waals surface area contributed by atoms with E-state index in [1.54, 1.807) is 5.01 Å². The Hall–Kier alpha value is -1.65. The number of hydrogen-bond acceptors (Lipinski definition) is 3. The minimum atomic E-state index is -0.0164. The van der Waals surface area contributed by atoms with E-state index in [0.717, 1.165) is 24.4 Å². The molecule has 116 valence electrons. The molecule has 0 aromatic heterocycles. The van der Waals surface area contributed by atoms with E-state index in [0.29, 0.717) is 6.54 Å². The van der Waals surface area contributed by atoms with Gasteiger partial charge >= 0.3 is 0 Å².